The number of hydrogen-bond donors (Lipinski definition) is 1. The number of fused-ring (bicyclic) bond motifs is 1. The fourth-order valence-electron chi connectivity index (χ4n) is 3.59. The average Bonchev–Trinajstić information content (AvgIpc) is 2.78. The Kier molecular flexibility index (Phi) is 7.37. The first-order chi connectivity index (χ1) is 14.5. The molecule has 6 nitrogen and oxygen atoms in total. The number of nitrogens with zero attached hydrogens (tertiary/aromatic N) is 1. The third-order valence-corrected chi connectivity index (χ3v) is 7.26. The third-order valence-electron chi connectivity index (χ3n) is 5.47. The van der Waals surface area contributed by atoms with Gasteiger partial charge in [0.05, 0.1) is 17.1 Å². The van der Waals surface area contributed by atoms with E-state index in [-0.39, 0.29) is 17.3 Å². The van der Waals surface area contributed by atoms with Gasteiger partial charge in [0.2, 0.25) is 0 Å². The minimum atomic E-state index is -3.82. The second-order valence-corrected chi connectivity index (χ2v) is 9.45. The van der Waals surface area contributed by atoms with Crippen LogP contribution in [-0.2, 0) is 14.8 Å². The van der Waals surface area contributed by atoms with Crippen molar-refractivity contribution in [3.63, 3.8) is 0 Å². The fourth-order valence-corrected chi connectivity index (χ4v) is 5.09. The van der Waals surface area contributed by atoms with Crippen LogP contribution in [-0.4, -0.2) is 33.5 Å². The van der Waals surface area contributed by atoms with Crippen LogP contribution in [0.3, 0.4) is 0 Å². The zero-order valence-electron chi connectivity index (χ0n) is 17.6. The van der Waals surface area contributed by atoms with Gasteiger partial charge < -0.3 is 10.1 Å². The minimum Gasteiger partial charge on any atom is -0.476 e. The van der Waals surface area contributed by atoms with Gasteiger partial charge in [0.25, 0.3) is 15.9 Å². The molecule has 30 heavy (non-hydrogen) atoms. The zero-order chi connectivity index (χ0) is 21.6. The van der Waals surface area contributed by atoms with E-state index in [4.69, 9.17) is 4.74 Å². The van der Waals surface area contributed by atoms with Gasteiger partial charge in [-0.15, -0.1) is 0 Å². The molecule has 2 aromatic carbocycles. The number of para-hydroxylation sites is 2. The van der Waals surface area contributed by atoms with Gasteiger partial charge in [0.15, 0.2) is 6.10 Å². The Bertz CT molecular complexity index is 947. The molecule has 1 aliphatic heterocycles. The number of hydrogen-bond acceptors (Lipinski definition) is 4. The maximum absolute atomic E-state index is 13.3. The summed E-state index contributed by atoms with van der Waals surface area (Å²) in [6.07, 6.45) is 3.41. The van der Waals surface area contributed by atoms with Crippen LogP contribution in [0.25, 0.3) is 0 Å². The van der Waals surface area contributed by atoms with E-state index in [1.165, 1.54) is 4.31 Å². The average molecular weight is 431 g/mol. The molecule has 0 bridgehead atoms. The molecule has 1 amide bonds. The van der Waals surface area contributed by atoms with Crippen molar-refractivity contribution in [3.05, 3.63) is 54.6 Å². The molecule has 0 aromatic heterocycles. The van der Waals surface area contributed by atoms with Crippen molar-refractivity contribution in [2.45, 2.75) is 50.5 Å². The summed E-state index contributed by atoms with van der Waals surface area (Å²) in [4.78, 5) is 13.0. The Hall–Kier alpha value is -2.54. The summed E-state index contributed by atoms with van der Waals surface area (Å²) in [6, 6.07) is 15.2. The molecule has 1 N–H and O–H groups in total. The monoisotopic (exact) mass is 430 g/mol. The van der Waals surface area contributed by atoms with Crippen molar-refractivity contribution in [3.8, 4) is 5.75 Å². The van der Waals surface area contributed by atoms with Crippen molar-refractivity contribution in [2.75, 3.05) is 17.4 Å². The van der Waals surface area contributed by atoms with Crippen molar-refractivity contribution in [1.29, 1.82) is 0 Å². The highest BCUT2D eigenvalue weighted by molar-refractivity contribution is 7.92. The summed E-state index contributed by atoms with van der Waals surface area (Å²) in [7, 11) is -3.82. The van der Waals surface area contributed by atoms with Crippen molar-refractivity contribution >= 4 is 21.6 Å². The summed E-state index contributed by atoms with van der Waals surface area (Å²) >= 11 is 0. The lowest BCUT2D eigenvalue weighted by Crippen LogP contribution is -2.51. The first kappa shape index (κ1) is 22.2. The molecule has 0 saturated heterocycles. The second-order valence-electron chi connectivity index (χ2n) is 7.59. The molecule has 2 aromatic rings. The summed E-state index contributed by atoms with van der Waals surface area (Å²) in [5.74, 6) is 0.517. The van der Waals surface area contributed by atoms with E-state index in [9.17, 15) is 13.2 Å². The summed E-state index contributed by atoms with van der Waals surface area (Å²) in [5, 5.41) is 2.97. The highest BCUT2D eigenvalue weighted by Crippen LogP contribution is 2.36. The number of nitrogens with one attached hydrogen (secondary N) is 1. The van der Waals surface area contributed by atoms with Crippen LogP contribution in [0.15, 0.2) is 59.5 Å². The van der Waals surface area contributed by atoms with Crippen LogP contribution < -0.4 is 14.4 Å². The third kappa shape index (κ3) is 4.95. The van der Waals surface area contributed by atoms with E-state index in [0.29, 0.717) is 23.9 Å². The number of rotatable bonds is 9. The van der Waals surface area contributed by atoms with E-state index in [1.807, 2.05) is 0 Å². The predicted molar refractivity (Wildman–Crippen MR) is 118 cm³/mol. The molecule has 3 rings (SSSR count). The van der Waals surface area contributed by atoms with Gasteiger partial charge in [-0.25, -0.2) is 8.42 Å². The molecule has 0 aliphatic carbocycles. The number of benzene rings is 2. The second kappa shape index (κ2) is 9.98. The van der Waals surface area contributed by atoms with Crippen molar-refractivity contribution in [2.24, 2.45) is 5.92 Å². The maximum atomic E-state index is 13.3. The zero-order valence-corrected chi connectivity index (χ0v) is 18.4. The van der Waals surface area contributed by atoms with Crippen LogP contribution in [0, 0.1) is 5.92 Å². The van der Waals surface area contributed by atoms with E-state index in [2.05, 4.69) is 19.2 Å². The standard InChI is InChI=1S/C23H30N2O4S/c1-3-5-11-18(4-2)16-24-23(26)22-17-25(20-14-9-10-15-21(20)29-22)30(27,28)19-12-7-6-8-13-19/h6-10,12-15,18,22H,3-5,11,16-17H2,1-2H3,(H,24,26)/t18-,22-/m0/s1. The van der Waals surface area contributed by atoms with E-state index in [1.54, 1.807) is 54.6 Å². The largest absolute Gasteiger partial charge is 0.476 e. The molecule has 162 valence electrons. The van der Waals surface area contributed by atoms with Crippen LogP contribution in [0.4, 0.5) is 5.69 Å². The van der Waals surface area contributed by atoms with Crippen LogP contribution in [0.2, 0.25) is 0 Å². The van der Waals surface area contributed by atoms with Crippen LogP contribution in [0.5, 0.6) is 5.75 Å². The molecule has 0 saturated carbocycles. The van der Waals surface area contributed by atoms with Gasteiger partial charge in [-0.05, 0) is 36.6 Å². The number of carbonyl (C=O) groups excluding carboxylic acids is 1. The topological polar surface area (TPSA) is 75.7 Å². The Morgan fingerprint density at radius 1 is 1.13 bits per heavy atom. The summed E-state index contributed by atoms with van der Waals surface area (Å²) in [6.45, 7) is 4.78. The Morgan fingerprint density at radius 3 is 2.53 bits per heavy atom. The highest BCUT2D eigenvalue weighted by atomic mass is 32.2. The molecule has 1 aliphatic rings. The number of unbranched alkanes of at least 4 members (excludes halogenated alkanes) is 1. The van der Waals surface area contributed by atoms with Gasteiger partial charge in [-0.3, -0.25) is 9.10 Å². The minimum absolute atomic E-state index is 0.0637. The SMILES string of the molecule is CCCC[C@H](CC)CNC(=O)[C@@H]1CN(S(=O)(=O)c2ccccc2)c2ccccc2O1. The summed E-state index contributed by atoms with van der Waals surface area (Å²) in [5.41, 5.74) is 0.444. The lowest BCUT2D eigenvalue weighted by molar-refractivity contribution is -0.127. The molecule has 0 fully saturated rings. The van der Waals surface area contributed by atoms with Gasteiger partial charge in [-0.1, -0.05) is 63.4 Å². The first-order valence-corrected chi connectivity index (χ1v) is 12.0. The van der Waals surface area contributed by atoms with Gasteiger partial charge in [-0.2, -0.15) is 0 Å². The highest BCUT2D eigenvalue weighted by Gasteiger charge is 2.37. The normalized spacial score (nSPS) is 17.0. The van der Waals surface area contributed by atoms with Crippen molar-refractivity contribution < 1.29 is 17.9 Å². The lowest BCUT2D eigenvalue weighted by Gasteiger charge is -2.35. The first-order valence-electron chi connectivity index (χ1n) is 10.6. The number of amides is 1. The van der Waals surface area contributed by atoms with Gasteiger partial charge in [0.1, 0.15) is 5.75 Å². The molecule has 0 unspecified atom stereocenters. The lowest BCUT2D eigenvalue weighted by atomic mass is 9.99. The Labute approximate surface area is 179 Å². The van der Waals surface area contributed by atoms with Crippen LogP contribution in [0.1, 0.15) is 39.5 Å². The van der Waals surface area contributed by atoms with Gasteiger partial charge in [0, 0.05) is 6.54 Å². The van der Waals surface area contributed by atoms with E-state index in [0.717, 1.165) is 25.7 Å². The van der Waals surface area contributed by atoms with Crippen LogP contribution >= 0.6 is 0 Å². The number of sulfonamides is 1. The number of anilines is 1. The Balaban J connectivity index is 1.80. The molecule has 0 radical (unpaired) electrons. The molecular formula is C23H30N2O4S. The fraction of sp³-hybridized carbons (Fsp3) is 0.435. The molecule has 1 heterocycles. The Morgan fingerprint density at radius 2 is 1.83 bits per heavy atom. The van der Waals surface area contributed by atoms with E-state index < -0.39 is 16.1 Å². The van der Waals surface area contributed by atoms with Crippen molar-refractivity contribution in [1.82, 2.24) is 5.32 Å². The maximum Gasteiger partial charge on any atom is 0.264 e. The molecule has 7 heteroatoms. The number of ether oxygens (including phenoxy) is 1. The molecule has 0 spiro atoms. The number of carbonyl (C=O) groups is 1. The quantitative estimate of drug-likeness (QED) is 0.653. The molecule has 2 atom stereocenters. The molecular weight excluding hydrogens is 400 g/mol. The smallest absolute Gasteiger partial charge is 0.264 e. The summed E-state index contributed by atoms with van der Waals surface area (Å²) < 4.78 is 33.7. The predicted octanol–water partition coefficient (Wildman–Crippen LogP) is 3.98. The van der Waals surface area contributed by atoms with E-state index >= 15 is 0 Å². The van der Waals surface area contributed by atoms with Gasteiger partial charge >= 0.3 is 0 Å².